The second-order valence-electron chi connectivity index (χ2n) is 8.31. The average Bonchev–Trinajstić information content (AvgIpc) is 3.10. The molecular weight excluding hydrogens is 426 g/mol. The van der Waals surface area contributed by atoms with Crippen LogP contribution in [0.15, 0.2) is 53.4 Å². The molecule has 2 amide bonds. The van der Waals surface area contributed by atoms with Gasteiger partial charge < -0.3 is 9.80 Å². The van der Waals surface area contributed by atoms with Gasteiger partial charge in [0.05, 0.1) is 17.6 Å². The molecule has 0 aliphatic carbocycles. The molecule has 0 bridgehead atoms. The largest absolute Gasteiger partial charge is 0.321 e. The summed E-state index contributed by atoms with van der Waals surface area (Å²) in [6.07, 6.45) is 2.17. The predicted molar refractivity (Wildman–Crippen MR) is 122 cm³/mol. The van der Waals surface area contributed by atoms with E-state index in [1.54, 1.807) is 21.9 Å². The topological polar surface area (TPSA) is 78.0 Å². The molecule has 2 heterocycles. The molecule has 0 N–H and O–H groups in total. The highest BCUT2D eigenvalue weighted by molar-refractivity contribution is 7.89. The van der Waals surface area contributed by atoms with E-state index >= 15 is 0 Å². The summed E-state index contributed by atoms with van der Waals surface area (Å²) in [4.78, 5) is 29.5. The summed E-state index contributed by atoms with van der Waals surface area (Å²) in [6, 6.07) is 13.8. The molecule has 32 heavy (non-hydrogen) atoms. The van der Waals surface area contributed by atoms with E-state index < -0.39 is 10.0 Å². The third-order valence-electron chi connectivity index (χ3n) is 6.16. The Labute approximate surface area is 189 Å². The molecule has 0 aromatic heterocycles. The molecule has 1 atom stereocenters. The first-order chi connectivity index (χ1) is 15.4. The fraction of sp³-hybridized carbons (Fsp3) is 0.417. The van der Waals surface area contributed by atoms with Crippen LogP contribution in [0.25, 0.3) is 0 Å². The zero-order valence-corrected chi connectivity index (χ0v) is 19.3. The first kappa shape index (κ1) is 22.5. The smallest absolute Gasteiger partial charge is 0.256 e. The van der Waals surface area contributed by atoms with Gasteiger partial charge in [-0.3, -0.25) is 9.59 Å². The Morgan fingerprint density at radius 2 is 1.69 bits per heavy atom. The lowest BCUT2D eigenvalue weighted by Gasteiger charge is -2.38. The van der Waals surface area contributed by atoms with E-state index in [1.807, 2.05) is 38.1 Å². The first-order valence-corrected chi connectivity index (χ1v) is 12.6. The molecule has 1 unspecified atom stereocenters. The molecule has 7 nitrogen and oxygen atoms in total. The van der Waals surface area contributed by atoms with Gasteiger partial charge in [0.2, 0.25) is 10.0 Å². The van der Waals surface area contributed by atoms with E-state index in [0.29, 0.717) is 37.2 Å². The van der Waals surface area contributed by atoms with Crippen molar-refractivity contribution in [3.8, 4) is 0 Å². The van der Waals surface area contributed by atoms with Crippen molar-refractivity contribution in [3.05, 3.63) is 65.2 Å². The lowest BCUT2D eigenvalue weighted by molar-refractivity contribution is 0.0310. The summed E-state index contributed by atoms with van der Waals surface area (Å²) in [5.74, 6) is -0.244. The lowest BCUT2D eigenvalue weighted by Crippen LogP contribution is -2.48. The van der Waals surface area contributed by atoms with Gasteiger partial charge in [-0.15, -0.1) is 0 Å². The van der Waals surface area contributed by atoms with Crippen LogP contribution in [0.5, 0.6) is 0 Å². The van der Waals surface area contributed by atoms with Crippen LogP contribution in [-0.4, -0.2) is 60.6 Å². The molecule has 1 fully saturated rings. The fourth-order valence-corrected chi connectivity index (χ4v) is 6.20. The molecule has 2 aromatic carbocycles. The number of amides is 2. The van der Waals surface area contributed by atoms with Crippen molar-refractivity contribution in [3.63, 3.8) is 0 Å². The quantitative estimate of drug-likeness (QED) is 0.640. The number of fused-ring (bicyclic) bond motifs is 3. The summed E-state index contributed by atoms with van der Waals surface area (Å²) < 4.78 is 27.4. The van der Waals surface area contributed by atoms with Gasteiger partial charge in [-0.05, 0) is 55.2 Å². The van der Waals surface area contributed by atoms with Crippen molar-refractivity contribution in [2.45, 2.75) is 44.0 Å². The Kier molecular flexibility index (Phi) is 6.35. The van der Waals surface area contributed by atoms with Crippen LogP contribution in [-0.2, 0) is 10.0 Å². The van der Waals surface area contributed by atoms with Gasteiger partial charge in [0.15, 0.2) is 0 Å². The molecule has 8 heteroatoms. The van der Waals surface area contributed by atoms with Gasteiger partial charge >= 0.3 is 0 Å². The molecule has 4 rings (SSSR count). The van der Waals surface area contributed by atoms with Crippen molar-refractivity contribution in [2.75, 3.05) is 26.3 Å². The first-order valence-electron chi connectivity index (χ1n) is 11.2. The van der Waals surface area contributed by atoms with Crippen molar-refractivity contribution in [2.24, 2.45) is 0 Å². The summed E-state index contributed by atoms with van der Waals surface area (Å²) in [6.45, 7) is 5.62. The summed E-state index contributed by atoms with van der Waals surface area (Å²) in [5.41, 5.74) is 2.16. The Bertz CT molecular complexity index is 1110. The number of nitrogens with zero attached hydrogens (tertiary/aromatic N) is 3. The normalized spacial score (nSPS) is 18.1. The Morgan fingerprint density at radius 1 is 1.03 bits per heavy atom. The van der Waals surface area contributed by atoms with E-state index in [0.717, 1.165) is 18.4 Å². The number of rotatable bonds is 7. The minimum Gasteiger partial charge on any atom is -0.321 e. The number of carbonyl (C=O) groups excluding carboxylic acids is 2. The lowest BCUT2D eigenvalue weighted by atomic mass is 10.0. The number of benzene rings is 2. The minimum absolute atomic E-state index is 0.0124. The maximum Gasteiger partial charge on any atom is 0.256 e. The number of hydrogen-bond acceptors (Lipinski definition) is 4. The second-order valence-corrected chi connectivity index (χ2v) is 10.2. The van der Waals surface area contributed by atoms with Gasteiger partial charge in [-0.25, -0.2) is 8.42 Å². The fourth-order valence-electron chi connectivity index (χ4n) is 4.57. The third kappa shape index (κ3) is 3.93. The number of hydrogen-bond donors (Lipinski definition) is 0. The SMILES string of the molecule is CCCN(CCC)S(=O)(=O)c1ccc(C(=O)N2CCC3c4ccccc4C(=O)N3C2)cc1. The van der Waals surface area contributed by atoms with Crippen molar-refractivity contribution >= 4 is 21.8 Å². The van der Waals surface area contributed by atoms with Crippen LogP contribution in [0, 0.1) is 0 Å². The third-order valence-corrected chi connectivity index (χ3v) is 8.07. The molecule has 2 aliphatic rings. The minimum atomic E-state index is -3.59. The van der Waals surface area contributed by atoms with Crippen LogP contribution >= 0.6 is 0 Å². The Balaban J connectivity index is 1.49. The maximum absolute atomic E-state index is 13.1. The molecule has 1 saturated heterocycles. The summed E-state index contributed by atoms with van der Waals surface area (Å²) in [7, 11) is -3.59. The Morgan fingerprint density at radius 3 is 2.34 bits per heavy atom. The number of sulfonamides is 1. The molecule has 0 radical (unpaired) electrons. The van der Waals surface area contributed by atoms with E-state index in [-0.39, 0.29) is 29.4 Å². The molecular formula is C24H29N3O4S. The number of carbonyl (C=O) groups is 2. The van der Waals surface area contributed by atoms with E-state index in [2.05, 4.69) is 0 Å². The van der Waals surface area contributed by atoms with Crippen LogP contribution in [0.1, 0.15) is 65.4 Å². The summed E-state index contributed by atoms with van der Waals surface area (Å²) >= 11 is 0. The van der Waals surface area contributed by atoms with Gasteiger partial charge in [0.25, 0.3) is 11.8 Å². The van der Waals surface area contributed by atoms with Gasteiger partial charge in [-0.1, -0.05) is 32.0 Å². The monoisotopic (exact) mass is 455 g/mol. The maximum atomic E-state index is 13.1. The second kappa shape index (κ2) is 9.03. The van der Waals surface area contributed by atoms with Gasteiger partial charge in [-0.2, -0.15) is 4.31 Å². The van der Waals surface area contributed by atoms with E-state index in [4.69, 9.17) is 0 Å². The van der Waals surface area contributed by atoms with Crippen molar-refractivity contribution in [1.29, 1.82) is 0 Å². The van der Waals surface area contributed by atoms with E-state index in [9.17, 15) is 18.0 Å². The van der Waals surface area contributed by atoms with Crippen LogP contribution in [0.2, 0.25) is 0 Å². The highest BCUT2D eigenvalue weighted by Gasteiger charge is 2.41. The zero-order chi connectivity index (χ0) is 22.9. The van der Waals surface area contributed by atoms with Crippen molar-refractivity contribution in [1.82, 2.24) is 14.1 Å². The molecule has 0 spiro atoms. The van der Waals surface area contributed by atoms with Crippen LogP contribution < -0.4 is 0 Å². The molecule has 170 valence electrons. The Hall–Kier alpha value is -2.71. The standard InChI is InChI=1S/C24H29N3O4S/c1-3-14-26(15-4-2)32(30,31)19-11-9-18(10-12-19)23(28)25-16-13-22-20-7-5-6-8-21(20)24(29)27(22)17-25/h5-12,22H,3-4,13-17H2,1-2H3. The zero-order valence-electron chi connectivity index (χ0n) is 18.5. The van der Waals surface area contributed by atoms with Crippen LogP contribution in [0.4, 0.5) is 0 Å². The van der Waals surface area contributed by atoms with Crippen LogP contribution in [0.3, 0.4) is 0 Å². The van der Waals surface area contributed by atoms with Crippen molar-refractivity contribution < 1.29 is 18.0 Å². The average molecular weight is 456 g/mol. The highest BCUT2D eigenvalue weighted by atomic mass is 32.2. The molecule has 0 saturated carbocycles. The molecule has 2 aromatic rings. The highest BCUT2D eigenvalue weighted by Crippen LogP contribution is 2.38. The van der Waals surface area contributed by atoms with E-state index in [1.165, 1.54) is 16.4 Å². The van der Waals surface area contributed by atoms with Gasteiger partial charge in [0.1, 0.15) is 0 Å². The summed E-state index contributed by atoms with van der Waals surface area (Å²) in [5, 5.41) is 0. The van der Waals surface area contributed by atoms with Gasteiger partial charge in [0, 0.05) is 30.8 Å². The molecule has 2 aliphatic heterocycles. The predicted octanol–water partition coefficient (Wildman–Crippen LogP) is 3.50.